The van der Waals surface area contributed by atoms with Crippen LogP contribution in [0.5, 0.6) is 0 Å². The molecule has 3 aromatic rings. The van der Waals surface area contributed by atoms with Gasteiger partial charge in [-0.15, -0.1) is 0 Å². The summed E-state index contributed by atoms with van der Waals surface area (Å²) in [4.78, 5) is 48.9. The van der Waals surface area contributed by atoms with Crippen molar-refractivity contribution in [2.24, 2.45) is 5.92 Å². The van der Waals surface area contributed by atoms with Crippen LogP contribution in [0.15, 0.2) is 35.0 Å². The van der Waals surface area contributed by atoms with Gasteiger partial charge in [0.05, 0.1) is 22.7 Å². The second-order valence-corrected chi connectivity index (χ2v) is 9.46. The molecule has 10 nitrogen and oxygen atoms in total. The van der Waals surface area contributed by atoms with Gasteiger partial charge < -0.3 is 24.7 Å². The van der Waals surface area contributed by atoms with Crippen molar-refractivity contribution in [2.45, 2.75) is 38.6 Å². The van der Waals surface area contributed by atoms with Crippen molar-refractivity contribution >= 4 is 51.8 Å². The first-order valence-corrected chi connectivity index (χ1v) is 12.3. The average Bonchev–Trinajstić information content (AvgIpc) is 3.25. The molecule has 1 saturated heterocycles. The highest BCUT2D eigenvalue weighted by atomic mass is 35.5. The van der Waals surface area contributed by atoms with Crippen LogP contribution in [0.25, 0.3) is 11.0 Å². The van der Waals surface area contributed by atoms with E-state index < -0.39 is 5.91 Å². The number of aromatic nitrogens is 2. The molecule has 188 valence electrons. The number of amides is 3. The third-order valence-electron chi connectivity index (χ3n) is 6.75. The Morgan fingerprint density at radius 3 is 2.64 bits per heavy atom. The number of carbonyl (C=O) groups is 3. The maximum atomic E-state index is 13.3. The number of morpholine rings is 1. The minimum Gasteiger partial charge on any atom is -0.448 e. The number of aryl methyl sites for hydroxylation is 1. The fourth-order valence-electron chi connectivity index (χ4n) is 4.90. The zero-order chi connectivity index (χ0) is 25.2. The van der Waals surface area contributed by atoms with E-state index in [1.54, 1.807) is 31.3 Å². The van der Waals surface area contributed by atoms with Gasteiger partial charge in [0.25, 0.3) is 5.91 Å². The van der Waals surface area contributed by atoms with E-state index in [9.17, 15) is 14.4 Å². The molecule has 0 spiro atoms. The number of rotatable bonds is 5. The van der Waals surface area contributed by atoms with Crippen molar-refractivity contribution in [3.63, 3.8) is 0 Å². The number of carbonyl (C=O) groups excluding carboxylic acids is 3. The Morgan fingerprint density at radius 2 is 1.92 bits per heavy atom. The number of hydrogen-bond acceptors (Lipinski definition) is 7. The van der Waals surface area contributed by atoms with Gasteiger partial charge in [0.15, 0.2) is 0 Å². The van der Waals surface area contributed by atoms with Gasteiger partial charge >= 0.3 is 0 Å². The number of hydrogen-bond donors (Lipinski definition) is 2. The lowest BCUT2D eigenvalue weighted by Gasteiger charge is -2.38. The Bertz CT molecular complexity index is 1300. The SMILES string of the molecule is Cc1nccc2oc(C(=O)Nc3ccc(Cl)cn3)c(NC(=O)[C@H]3CC[C@H](N4CCOCC4=O)CC3)c12. The van der Waals surface area contributed by atoms with Crippen LogP contribution >= 0.6 is 11.6 Å². The predicted molar refractivity (Wildman–Crippen MR) is 133 cm³/mol. The minimum atomic E-state index is -0.551. The molecule has 3 amide bonds. The van der Waals surface area contributed by atoms with Gasteiger partial charge in [0, 0.05) is 30.9 Å². The van der Waals surface area contributed by atoms with Gasteiger partial charge in [-0.1, -0.05) is 11.6 Å². The molecule has 5 rings (SSSR count). The molecule has 1 aliphatic carbocycles. The summed E-state index contributed by atoms with van der Waals surface area (Å²) in [5, 5.41) is 6.65. The number of pyridine rings is 2. The molecule has 2 N–H and O–H groups in total. The number of fused-ring (bicyclic) bond motifs is 1. The van der Waals surface area contributed by atoms with Gasteiger partial charge in [0.1, 0.15) is 23.7 Å². The predicted octanol–water partition coefficient (Wildman–Crippen LogP) is 3.79. The van der Waals surface area contributed by atoms with Crippen LogP contribution in [0.4, 0.5) is 11.5 Å². The molecule has 0 bridgehead atoms. The van der Waals surface area contributed by atoms with Crippen molar-refractivity contribution in [3.05, 3.63) is 47.1 Å². The summed E-state index contributed by atoms with van der Waals surface area (Å²) in [6.07, 6.45) is 5.78. The van der Waals surface area contributed by atoms with Crippen molar-refractivity contribution in [2.75, 3.05) is 30.4 Å². The summed E-state index contributed by atoms with van der Waals surface area (Å²) >= 11 is 5.88. The summed E-state index contributed by atoms with van der Waals surface area (Å²) in [5.41, 5.74) is 1.36. The van der Waals surface area contributed by atoms with Crippen LogP contribution < -0.4 is 10.6 Å². The summed E-state index contributed by atoms with van der Waals surface area (Å²) in [5.74, 6) is -0.704. The maximum absolute atomic E-state index is 13.3. The number of furan rings is 1. The highest BCUT2D eigenvalue weighted by molar-refractivity contribution is 6.30. The van der Waals surface area contributed by atoms with E-state index in [1.807, 2.05) is 4.90 Å². The fraction of sp³-hybridized carbons (Fsp3) is 0.400. The van der Waals surface area contributed by atoms with E-state index in [0.717, 1.165) is 12.8 Å². The van der Waals surface area contributed by atoms with E-state index in [-0.39, 0.29) is 41.8 Å². The van der Waals surface area contributed by atoms with Crippen LogP contribution in [0.2, 0.25) is 5.02 Å². The van der Waals surface area contributed by atoms with Gasteiger partial charge in [0.2, 0.25) is 17.6 Å². The Labute approximate surface area is 212 Å². The van der Waals surface area contributed by atoms with Gasteiger partial charge in [-0.3, -0.25) is 19.4 Å². The van der Waals surface area contributed by atoms with Crippen molar-refractivity contribution in [1.29, 1.82) is 0 Å². The Kier molecular flexibility index (Phi) is 6.88. The molecule has 4 heterocycles. The molecule has 1 aliphatic heterocycles. The fourth-order valence-corrected chi connectivity index (χ4v) is 5.01. The Balaban J connectivity index is 1.33. The van der Waals surface area contributed by atoms with E-state index in [1.165, 1.54) is 6.20 Å². The number of nitrogens with one attached hydrogen (secondary N) is 2. The molecular formula is C25H26ClN5O5. The van der Waals surface area contributed by atoms with E-state index in [2.05, 4.69) is 20.6 Å². The van der Waals surface area contributed by atoms with Crippen LogP contribution in [-0.2, 0) is 14.3 Å². The molecule has 0 aromatic carbocycles. The normalized spacial score (nSPS) is 20.4. The lowest BCUT2D eigenvalue weighted by molar-refractivity contribution is -0.146. The van der Waals surface area contributed by atoms with Gasteiger partial charge in [-0.2, -0.15) is 0 Å². The first-order valence-electron chi connectivity index (χ1n) is 11.9. The largest absolute Gasteiger partial charge is 0.448 e. The van der Waals surface area contributed by atoms with Crippen LogP contribution in [-0.4, -0.2) is 58.4 Å². The van der Waals surface area contributed by atoms with E-state index in [0.29, 0.717) is 53.5 Å². The zero-order valence-electron chi connectivity index (χ0n) is 19.8. The van der Waals surface area contributed by atoms with Crippen LogP contribution in [0, 0.1) is 12.8 Å². The van der Waals surface area contributed by atoms with Crippen LogP contribution in [0.3, 0.4) is 0 Å². The second-order valence-electron chi connectivity index (χ2n) is 9.03. The third-order valence-corrected chi connectivity index (χ3v) is 6.97. The molecule has 1 saturated carbocycles. The van der Waals surface area contributed by atoms with E-state index >= 15 is 0 Å². The Morgan fingerprint density at radius 1 is 1.11 bits per heavy atom. The second kappa shape index (κ2) is 10.2. The number of nitrogens with zero attached hydrogens (tertiary/aromatic N) is 3. The highest BCUT2D eigenvalue weighted by Gasteiger charge is 2.34. The first kappa shape index (κ1) is 24.2. The Hall–Kier alpha value is -3.50. The molecule has 11 heteroatoms. The topological polar surface area (TPSA) is 127 Å². The van der Waals surface area contributed by atoms with Crippen molar-refractivity contribution in [3.8, 4) is 0 Å². The van der Waals surface area contributed by atoms with E-state index in [4.69, 9.17) is 20.8 Å². The van der Waals surface area contributed by atoms with Gasteiger partial charge in [-0.05, 0) is 50.8 Å². The first-order chi connectivity index (χ1) is 17.4. The molecule has 3 aromatic heterocycles. The summed E-state index contributed by atoms with van der Waals surface area (Å²) in [7, 11) is 0. The lowest BCUT2D eigenvalue weighted by Crippen LogP contribution is -2.49. The summed E-state index contributed by atoms with van der Waals surface area (Å²) < 4.78 is 11.1. The number of ether oxygens (including phenoxy) is 1. The molecule has 0 atom stereocenters. The van der Waals surface area contributed by atoms with Crippen molar-refractivity contribution in [1.82, 2.24) is 14.9 Å². The molecule has 0 radical (unpaired) electrons. The molecular weight excluding hydrogens is 486 g/mol. The van der Waals surface area contributed by atoms with Crippen LogP contribution in [0.1, 0.15) is 41.9 Å². The minimum absolute atomic E-state index is 0.00725. The standard InChI is InChI=1S/C25H26ClN5O5/c1-14-21-18(8-9-27-14)36-23(25(34)29-19-7-4-16(26)12-28-19)22(21)30-24(33)15-2-5-17(6-3-15)31-10-11-35-13-20(31)32/h4,7-9,12,15,17H,2-3,5-6,10-11,13H2,1H3,(H,30,33)(H,28,29,34)/t15-,17-. The summed E-state index contributed by atoms with van der Waals surface area (Å²) in [6, 6.07) is 4.96. The molecule has 0 unspecified atom stereocenters. The molecule has 36 heavy (non-hydrogen) atoms. The monoisotopic (exact) mass is 511 g/mol. The molecule has 2 fully saturated rings. The highest BCUT2D eigenvalue weighted by Crippen LogP contribution is 2.35. The third kappa shape index (κ3) is 4.91. The number of halogens is 1. The quantitative estimate of drug-likeness (QED) is 0.533. The number of anilines is 2. The lowest BCUT2D eigenvalue weighted by atomic mass is 9.84. The smallest absolute Gasteiger partial charge is 0.294 e. The zero-order valence-corrected chi connectivity index (χ0v) is 20.5. The van der Waals surface area contributed by atoms with Gasteiger partial charge in [-0.25, -0.2) is 4.98 Å². The van der Waals surface area contributed by atoms with Crippen molar-refractivity contribution < 1.29 is 23.5 Å². The maximum Gasteiger partial charge on any atom is 0.294 e. The summed E-state index contributed by atoms with van der Waals surface area (Å²) in [6.45, 7) is 3.05. The molecule has 2 aliphatic rings. The average molecular weight is 512 g/mol.